The van der Waals surface area contributed by atoms with Gasteiger partial charge in [0, 0.05) is 10.9 Å². The second-order valence-electron chi connectivity index (χ2n) is 7.86. The van der Waals surface area contributed by atoms with Gasteiger partial charge in [-0.1, -0.05) is 30.3 Å². The Labute approximate surface area is 214 Å². The molecule has 37 heavy (non-hydrogen) atoms. The van der Waals surface area contributed by atoms with Crippen LogP contribution in [0.2, 0.25) is 0 Å². The van der Waals surface area contributed by atoms with E-state index in [2.05, 4.69) is 20.0 Å². The van der Waals surface area contributed by atoms with Gasteiger partial charge in [0.1, 0.15) is 29.5 Å². The maximum atomic E-state index is 13.5. The summed E-state index contributed by atoms with van der Waals surface area (Å²) in [5.74, 6) is 4.45. The molecule has 0 fully saturated rings. The lowest BCUT2D eigenvalue weighted by atomic mass is 10.1. The Bertz CT molecular complexity index is 1620. The summed E-state index contributed by atoms with van der Waals surface area (Å²) >= 11 is 1.40. The highest BCUT2D eigenvalue weighted by atomic mass is 32.1. The molecule has 0 aliphatic carbocycles. The maximum absolute atomic E-state index is 13.5. The van der Waals surface area contributed by atoms with Gasteiger partial charge in [-0.2, -0.15) is 27.1 Å². The fourth-order valence-corrected chi connectivity index (χ4v) is 5.67. The van der Waals surface area contributed by atoms with Crippen LogP contribution in [0.25, 0.3) is 11.3 Å². The number of aromatic nitrogens is 2. The Morgan fingerprint density at radius 1 is 1.16 bits per heavy atom. The number of hydrogen-bond acceptors (Lipinski definition) is 9. The number of ether oxygens (including phenoxy) is 1. The third-order valence-corrected chi connectivity index (χ3v) is 7.60. The largest absolute Gasteiger partial charge is 0.505 e. The molecule has 2 aromatic heterocycles. The number of fused-ring (bicyclic) bond motifs is 1. The van der Waals surface area contributed by atoms with Crippen molar-refractivity contribution in [3.05, 3.63) is 99.4 Å². The first-order valence-corrected chi connectivity index (χ1v) is 13.4. The van der Waals surface area contributed by atoms with Gasteiger partial charge in [-0.3, -0.25) is 9.36 Å². The lowest BCUT2D eigenvalue weighted by Crippen LogP contribution is -2.34. The average Bonchev–Trinajstić information content (AvgIpc) is 3.41. The van der Waals surface area contributed by atoms with Crippen molar-refractivity contribution in [2.45, 2.75) is 6.54 Å². The Balaban J connectivity index is 1.63. The molecule has 1 atom stereocenters. The van der Waals surface area contributed by atoms with Crippen LogP contribution in [-0.2, 0) is 15.9 Å². The third-order valence-electron chi connectivity index (χ3n) is 5.45. The minimum absolute atomic E-state index is 0.0352. The topological polar surface area (TPSA) is 161 Å². The van der Waals surface area contributed by atoms with E-state index in [-0.39, 0.29) is 40.4 Å². The summed E-state index contributed by atoms with van der Waals surface area (Å²) in [5, 5.41) is 22.0. The zero-order valence-electron chi connectivity index (χ0n) is 19.0. The summed E-state index contributed by atoms with van der Waals surface area (Å²) in [7, 11) is -4.37. The predicted molar refractivity (Wildman–Crippen MR) is 140 cm³/mol. The SMILES string of the molecule is NO/C=C/Oc1ccc2c(c1)P(=O)(O)N=C(c1c(O)c(-c3ccsc3)nn(Cc3ccccc3)c1=O)N2. The zero-order valence-corrected chi connectivity index (χ0v) is 20.7. The number of thiophene rings is 1. The van der Waals surface area contributed by atoms with Crippen molar-refractivity contribution in [1.82, 2.24) is 9.78 Å². The third kappa shape index (κ3) is 4.91. The molecule has 188 valence electrons. The average molecular weight is 537 g/mol. The molecule has 0 spiro atoms. The number of anilines is 1. The molecular weight excluding hydrogens is 517 g/mol. The minimum atomic E-state index is -4.37. The lowest BCUT2D eigenvalue weighted by molar-refractivity contribution is 0.250. The molecule has 11 nitrogen and oxygen atoms in total. The second-order valence-corrected chi connectivity index (χ2v) is 10.4. The molecule has 5 N–H and O–H groups in total. The Hall–Kier alpha value is -4.22. The van der Waals surface area contributed by atoms with Crippen molar-refractivity contribution >= 4 is 35.7 Å². The molecular formula is C24H20N5O6PS. The maximum Gasteiger partial charge on any atom is 0.346 e. The van der Waals surface area contributed by atoms with Crippen molar-refractivity contribution in [3.63, 3.8) is 0 Å². The molecule has 0 amide bonds. The number of aromatic hydroxyl groups is 1. The van der Waals surface area contributed by atoms with Crippen LogP contribution in [0.5, 0.6) is 11.5 Å². The normalized spacial score (nSPS) is 16.6. The Kier molecular flexibility index (Phi) is 6.64. The van der Waals surface area contributed by atoms with E-state index in [0.717, 1.165) is 18.1 Å². The summed E-state index contributed by atoms with van der Waals surface area (Å²) in [6.45, 7) is 0.117. The molecule has 0 saturated carbocycles. The summed E-state index contributed by atoms with van der Waals surface area (Å²) in [4.78, 5) is 28.6. The van der Waals surface area contributed by atoms with Crippen LogP contribution < -0.4 is 26.8 Å². The smallest absolute Gasteiger partial charge is 0.346 e. The monoisotopic (exact) mass is 537 g/mol. The van der Waals surface area contributed by atoms with Crippen LogP contribution in [0.15, 0.2) is 87.4 Å². The number of nitrogens with zero attached hydrogens (tertiary/aromatic N) is 3. The molecule has 4 aromatic rings. The highest BCUT2D eigenvalue weighted by molar-refractivity contribution is 7.65. The van der Waals surface area contributed by atoms with Gasteiger partial charge >= 0.3 is 7.52 Å². The molecule has 0 bridgehead atoms. The van der Waals surface area contributed by atoms with E-state index in [1.165, 1.54) is 34.2 Å². The molecule has 3 heterocycles. The van der Waals surface area contributed by atoms with Crippen LogP contribution in [0, 0.1) is 0 Å². The van der Waals surface area contributed by atoms with E-state index < -0.39 is 18.8 Å². The van der Waals surface area contributed by atoms with E-state index in [1.54, 1.807) is 11.4 Å². The van der Waals surface area contributed by atoms with Gasteiger partial charge in [0.25, 0.3) is 5.56 Å². The molecule has 1 aliphatic heterocycles. The minimum Gasteiger partial charge on any atom is -0.505 e. The fraction of sp³-hybridized carbons (Fsp3) is 0.0417. The number of rotatable bonds is 7. The number of nitrogens with two attached hydrogens (primary N) is 1. The lowest BCUT2D eigenvalue weighted by Gasteiger charge is -2.23. The number of hydrogen-bond donors (Lipinski definition) is 4. The predicted octanol–water partition coefficient (Wildman–Crippen LogP) is 3.15. The van der Waals surface area contributed by atoms with Gasteiger partial charge < -0.3 is 24.9 Å². The van der Waals surface area contributed by atoms with Crippen LogP contribution >= 0.6 is 18.9 Å². The highest BCUT2D eigenvalue weighted by Gasteiger charge is 2.34. The van der Waals surface area contributed by atoms with Crippen molar-refractivity contribution in [3.8, 4) is 22.8 Å². The Morgan fingerprint density at radius 2 is 1.97 bits per heavy atom. The van der Waals surface area contributed by atoms with Gasteiger partial charge in [0.05, 0.1) is 17.5 Å². The van der Waals surface area contributed by atoms with E-state index in [1.807, 2.05) is 35.7 Å². The Morgan fingerprint density at radius 3 is 2.70 bits per heavy atom. The fourth-order valence-electron chi connectivity index (χ4n) is 3.76. The quantitative estimate of drug-likeness (QED) is 0.158. The molecule has 2 aromatic carbocycles. The molecule has 0 saturated heterocycles. The first kappa shape index (κ1) is 24.5. The first-order chi connectivity index (χ1) is 17.9. The first-order valence-electron chi connectivity index (χ1n) is 10.8. The standard InChI is InChI=1S/C24H20N5O6PS/c25-35-10-9-34-17-6-7-18-19(12-17)36(32,33)28-23(26-18)20-22(30)21(16-8-11-37-14-16)27-29(24(20)31)13-15-4-2-1-3-5-15/h1-12,14,30H,13,25H2,(H2,26,28,32,33)/b10-9+. The summed E-state index contributed by atoms with van der Waals surface area (Å²) in [6, 6.07) is 15.3. The number of amidine groups is 1. The number of nitrogens with one attached hydrogen (secondary N) is 1. The van der Waals surface area contributed by atoms with E-state index in [0.29, 0.717) is 5.56 Å². The van der Waals surface area contributed by atoms with E-state index in [4.69, 9.17) is 10.6 Å². The molecule has 5 rings (SSSR count). The zero-order chi connectivity index (χ0) is 26.0. The van der Waals surface area contributed by atoms with Gasteiger partial charge in [0.15, 0.2) is 11.6 Å². The number of benzene rings is 2. The molecule has 1 unspecified atom stereocenters. The van der Waals surface area contributed by atoms with Crippen LogP contribution in [0.4, 0.5) is 5.69 Å². The molecule has 13 heteroatoms. The summed E-state index contributed by atoms with van der Waals surface area (Å²) in [5.41, 5.74) is 0.823. The van der Waals surface area contributed by atoms with Crippen molar-refractivity contribution in [1.29, 1.82) is 0 Å². The van der Waals surface area contributed by atoms with Gasteiger partial charge in [-0.05, 0) is 35.2 Å². The van der Waals surface area contributed by atoms with Crippen LogP contribution in [0.1, 0.15) is 11.1 Å². The van der Waals surface area contributed by atoms with Gasteiger partial charge in [-0.15, -0.1) is 0 Å². The summed E-state index contributed by atoms with van der Waals surface area (Å²) < 4.78 is 23.7. The molecule has 1 aliphatic rings. The summed E-state index contributed by atoms with van der Waals surface area (Å²) in [6.07, 6.45) is 2.25. The highest BCUT2D eigenvalue weighted by Crippen LogP contribution is 2.48. The van der Waals surface area contributed by atoms with Gasteiger partial charge in [0.2, 0.25) is 0 Å². The molecule has 0 radical (unpaired) electrons. The second kappa shape index (κ2) is 10.0. The van der Waals surface area contributed by atoms with Crippen LogP contribution in [-0.4, -0.2) is 25.6 Å². The van der Waals surface area contributed by atoms with Crippen molar-refractivity contribution in [2.75, 3.05) is 5.32 Å². The van der Waals surface area contributed by atoms with Crippen molar-refractivity contribution in [2.24, 2.45) is 10.7 Å². The van der Waals surface area contributed by atoms with Crippen LogP contribution in [0.3, 0.4) is 0 Å². The van der Waals surface area contributed by atoms with Gasteiger partial charge in [-0.25, -0.2) is 4.68 Å². The van der Waals surface area contributed by atoms with E-state index >= 15 is 0 Å². The van der Waals surface area contributed by atoms with Crippen molar-refractivity contribution < 1.29 is 24.1 Å². The van der Waals surface area contributed by atoms with E-state index in [9.17, 15) is 19.4 Å².